The van der Waals surface area contributed by atoms with Gasteiger partial charge in [0.1, 0.15) is 6.10 Å². The van der Waals surface area contributed by atoms with Crippen LogP contribution in [0.3, 0.4) is 0 Å². The highest BCUT2D eigenvalue weighted by atomic mass is 35.5. The lowest BCUT2D eigenvalue weighted by molar-refractivity contribution is 0.0141. The molecule has 0 aliphatic heterocycles. The summed E-state index contributed by atoms with van der Waals surface area (Å²) < 4.78 is 0. The van der Waals surface area contributed by atoms with Crippen molar-refractivity contribution in [2.75, 3.05) is 13.6 Å². The predicted molar refractivity (Wildman–Crippen MR) is 63.8 cm³/mol. The van der Waals surface area contributed by atoms with Gasteiger partial charge in [-0.1, -0.05) is 23.2 Å². The Bertz CT molecular complexity index is 329. The van der Waals surface area contributed by atoms with Crippen LogP contribution in [0.5, 0.6) is 0 Å². The molecule has 0 aromatic carbocycles. The van der Waals surface area contributed by atoms with Crippen molar-refractivity contribution < 1.29 is 10.2 Å². The molecular weight excluding hydrogens is 251 g/mol. The predicted octanol–water partition coefficient (Wildman–Crippen LogP) is 1.39. The van der Waals surface area contributed by atoms with Gasteiger partial charge < -0.3 is 15.5 Å². The molecule has 90 valence electrons. The van der Waals surface area contributed by atoms with E-state index in [1.807, 2.05) is 0 Å². The quantitative estimate of drug-likeness (QED) is 0.752. The molecule has 2 atom stereocenters. The molecule has 4 nitrogen and oxygen atoms in total. The van der Waals surface area contributed by atoms with E-state index < -0.39 is 12.2 Å². The summed E-state index contributed by atoms with van der Waals surface area (Å²) >= 11 is 11.7. The van der Waals surface area contributed by atoms with Crippen LogP contribution in [-0.2, 0) is 0 Å². The van der Waals surface area contributed by atoms with Crippen molar-refractivity contribution in [2.24, 2.45) is 0 Å². The van der Waals surface area contributed by atoms with Gasteiger partial charge in [0.2, 0.25) is 0 Å². The molecule has 3 N–H and O–H groups in total. The van der Waals surface area contributed by atoms with E-state index in [1.165, 1.54) is 12.4 Å². The summed E-state index contributed by atoms with van der Waals surface area (Å²) in [6.45, 7) is 0.596. The van der Waals surface area contributed by atoms with Crippen LogP contribution in [0.15, 0.2) is 12.4 Å². The summed E-state index contributed by atoms with van der Waals surface area (Å²) in [5.74, 6) is 0. The van der Waals surface area contributed by atoms with Crippen LogP contribution < -0.4 is 5.32 Å². The maximum Gasteiger partial charge on any atom is 0.108 e. The number of hydrogen-bond donors (Lipinski definition) is 3. The first-order valence-electron chi connectivity index (χ1n) is 4.87. The molecule has 0 saturated heterocycles. The fourth-order valence-electron chi connectivity index (χ4n) is 1.35. The fourth-order valence-corrected chi connectivity index (χ4v) is 1.93. The standard InChI is InChI=1S/C10H14Cl2N2O2/c1-13-3-2-8(15)10(16)9-6(11)4-14-5-7(9)12/h4-5,8,10,13,15-16H,2-3H2,1H3. The molecule has 2 unspecified atom stereocenters. The average Bonchev–Trinajstić information content (AvgIpc) is 2.25. The number of aliphatic hydroxyl groups is 2. The molecule has 0 fully saturated rings. The smallest absolute Gasteiger partial charge is 0.108 e. The summed E-state index contributed by atoms with van der Waals surface area (Å²) in [5, 5.41) is 23.0. The van der Waals surface area contributed by atoms with E-state index in [-0.39, 0.29) is 10.0 Å². The van der Waals surface area contributed by atoms with E-state index in [0.717, 1.165) is 0 Å². The van der Waals surface area contributed by atoms with Gasteiger partial charge in [-0.15, -0.1) is 0 Å². The first-order valence-corrected chi connectivity index (χ1v) is 5.63. The monoisotopic (exact) mass is 264 g/mol. The van der Waals surface area contributed by atoms with Gasteiger partial charge in [0.15, 0.2) is 0 Å². The molecule has 0 spiro atoms. The number of pyridine rings is 1. The minimum absolute atomic E-state index is 0.253. The second kappa shape index (κ2) is 6.37. The first-order chi connectivity index (χ1) is 7.57. The van der Waals surface area contributed by atoms with Crippen molar-refractivity contribution in [1.29, 1.82) is 0 Å². The van der Waals surface area contributed by atoms with E-state index in [9.17, 15) is 10.2 Å². The number of hydrogen-bond acceptors (Lipinski definition) is 4. The summed E-state index contributed by atoms with van der Waals surface area (Å²) in [6.07, 6.45) is 1.17. The lowest BCUT2D eigenvalue weighted by atomic mass is 10.0. The summed E-state index contributed by atoms with van der Waals surface area (Å²) in [5.41, 5.74) is 0.321. The zero-order chi connectivity index (χ0) is 12.1. The Morgan fingerprint density at radius 3 is 2.38 bits per heavy atom. The summed E-state index contributed by atoms with van der Waals surface area (Å²) in [4.78, 5) is 3.78. The average molecular weight is 265 g/mol. The Kier molecular flexibility index (Phi) is 5.44. The number of rotatable bonds is 5. The van der Waals surface area contributed by atoms with Crippen molar-refractivity contribution in [3.8, 4) is 0 Å². The maximum atomic E-state index is 9.90. The largest absolute Gasteiger partial charge is 0.390 e. The molecule has 1 heterocycles. The Labute approximate surface area is 104 Å². The van der Waals surface area contributed by atoms with Gasteiger partial charge in [0, 0.05) is 18.0 Å². The third-order valence-corrected chi connectivity index (χ3v) is 2.84. The Morgan fingerprint density at radius 1 is 1.31 bits per heavy atom. The van der Waals surface area contributed by atoms with E-state index in [0.29, 0.717) is 18.5 Å². The van der Waals surface area contributed by atoms with Gasteiger partial charge in [-0.25, -0.2) is 0 Å². The van der Waals surface area contributed by atoms with Gasteiger partial charge in [0.05, 0.1) is 16.1 Å². The Hall–Kier alpha value is -0.390. The van der Waals surface area contributed by atoms with Crippen molar-refractivity contribution in [2.45, 2.75) is 18.6 Å². The molecule has 0 bridgehead atoms. The van der Waals surface area contributed by atoms with Gasteiger partial charge in [0.25, 0.3) is 0 Å². The van der Waals surface area contributed by atoms with E-state index >= 15 is 0 Å². The number of nitrogens with zero attached hydrogens (tertiary/aromatic N) is 1. The van der Waals surface area contributed by atoms with Gasteiger partial charge in [-0.2, -0.15) is 0 Å². The molecule has 1 rings (SSSR count). The molecular formula is C10H14Cl2N2O2. The van der Waals surface area contributed by atoms with Crippen molar-refractivity contribution in [1.82, 2.24) is 10.3 Å². The molecule has 0 saturated carbocycles. The minimum Gasteiger partial charge on any atom is -0.390 e. The van der Waals surface area contributed by atoms with Gasteiger partial charge in [-0.05, 0) is 20.0 Å². The number of aromatic nitrogens is 1. The molecule has 6 heteroatoms. The highest BCUT2D eigenvalue weighted by Gasteiger charge is 2.23. The molecule has 0 aliphatic carbocycles. The maximum absolute atomic E-state index is 9.90. The third-order valence-electron chi connectivity index (χ3n) is 2.24. The highest BCUT2D eigenvalue weighted by molar-refractivity contribution is 6.35. The summed E-state index contributed by atoms with van der Waals surface area (Å²) in [6, 6.07) is 0. The van der Waals surface area contributed by atoms with Crippen molar-refractivity contribution >= 4 is 23.2 Å². The van der Waals surface area contributed by atoms with Crippen LogP contribution in [0.25, 0.3) is 0 Å². The van der Waals surface area contributed by atoms with Gasteiger partial charge >= 0.3 is 0 Å². The van der Waals surface area contributed by atoms with Crippen LogP contribution in [-0.4, -0.2) is 34.9 Å². The van der Waals surface area contributed by atoms with E-state index in [2.05, 4.69) is 10.3 Å². The molecule has 0 aliphatic rings. The van der Waals surface area contributed by atoms with Crippen LogP contribution in [0.2, 0.25) is 10.0 Å². The highest BCUT2D eigenvalue weighted by Crippen LogP contribution is 2.31. The molecule has 16 heavy (non-hydrogen) atoms. The topological polar surface area (TPSA) is 65.4 Å². The third kappa shape index (κ3) is 3.30. The zero-order valence-corrected chi connectivity index (χ0v) is 10.3. The van der Waals surface area contributed by atoms with Gasteiger partial charge in [-0.3, -0.25) is 4.98 Å². The van der Waals surface area contributed by atoms with E-state index in [4.69, 9.17) is 23.2 Å². The molecule has 0 amide bonds. The Morgan fingerprint density at radius 2 is 1.88 bits per heavy atom. The minimum atomic E-state index is -1.10. The van der Waals surface area contributed by atoms with Crippen molar-refractivity contribution in [3.63, 3.8) is 0 Å². The molecule has 0 radical (unpaired) electrons. The van der Waals surface area contributed by atoms with Crippen LogP contribution in [0.1, 0.15) is 18.1 Å². The SMILES string of the molecule is CNCCC(O)C(O)c1c(Cl)cncc1Cl. The second-order valence-corrected chi connectivity index (χ2v) is 4.24. The first kappa shape index (κ1) is 13.7. The second-order valence-electron chi connectivity index (χ2n) is 3.42. The molecule has 1 aromatic heterocycles. The van der Waals surface area contributed by atoms with Crippen molar-refractivity contribution in [3.05, 3.63) is 28.0 Å². The van der Waals surface area contributed by atoms with Crippen LogP contribution >= 0.6 is 23.2 Å². The number of nitrogens with one attached hydrogen (secondary N) is 1. The zero-order valence-electron chi connectivity index (χ0n) is 8.82. The van der Waals surface area contributed by atoms with E-state index in [1.54, 1.807) is 7.05 Å². The van der Waals surface area contributed by atoms with Crippen LogP contribution in [0, 0.1) is 0 Å². The molecule has 1 aromatic rings. The lowest BCUT2D eigenvalue weighted by Gasteiger charge is -2.19. The fraction of sp³-hybridized carbons (Fsp3) is 0.500. The summed E-state index contributed by atoms with van der Waals surface area (Å²) in [7, 11) is 1.77. The Balaban J connectivity index is 2.82. The lowest BCUT2D eigenvalue weighted by Crippen LogP contribution is -2.23. The number of aliphatic hydroxyl groups excluding tert-OH is 2. The van der Waals surface area contributed by atoms with Crippen LogP contribution in [0.4, 0.5) is 0 Å². The normalized spacial score (nSPS) is 14.8. The number of halogens is 2.